The predicted octanol–water partition coefficient (Wildman–Crippen LogP) is 3.43. The summed E-state index contributed by atoms with van der Waals surface area (Å²) in [5, 5.41) is 17.1. The van der Waals surface area contributed by atoms with E-state index in [1.165, 1.54) is 6.07 Å². The lowest BCUT2D eigenvalue weighted by Gasteiger charge is -2.35. The second-order valence-corrected chi connectivity index (χ2v) is 7.71. The third kappa shape index (κ3) is 2.95. The summed E-state index contributed by atoms with van der Waals surface area (Å²) in [6, 6.07) is 7.15. The van der Waals surface area contributed by atoms with Crippen LogP contribution in [0.5, 0.6) is 11.5 Å². The van der Waals surface area contributed by atoms with Crippen molar-refractivity contribution in [2.45, 2.75) is 25.1 Å². The van der Waals surface area contributed by atoms with Crippen LogP contribution in [0.25, 0.3) is 0 Å². The fourth-order valence-corrected chi connectivity index (χ4v) is 4.53. The van der Waals surface area contributed by atoms with Crippen LogP contribution in [0.2, 0.25) is 0 Å². The van der Waals surface area contributed by atoms with Gasteiger partial charge >= 0.3 is 6.29 Å². The van der Waals surface area contributed by atoms with Gasteiger partial charge in [-0.3, -0.25) is 5.10 Å². The van der Waals surface area contributed by atoms with Crippen molar-refractivity contribution < 1.29 is 18.3 Å². The Morgan fingerprint density at radius 3 is 2.79 bits per heavy atom. The predicted molar refractivity (Wildman–Crippen MR) is 99.5 cm³/mol. The third-order valence-electron chi connectivity index (χ3n) is 5.95. The number of hydrogen-bond acceptors (Lipinski definition) is 6. The highest BCUT2D eigenvalue weighted by atomic mass is 19.3. The fraction of sp³-hybridized carbons (Fsp3) is 0.450. The van der Waals surface area contributed by atoms with E-state index >= 15 is 0 Å². The smallest absolute Gasteiger partial charge is 0.395 e. The Balaban J connectivity index is 1.61. The van der Waals surface area contributed by atoms with E-state index in [1.54, 1.807) is 18.3 Å². The van der Waals surface area contributed by atoms with Crippen molar-refractivity contribution >= 4 is 11.5 Å². The number of benzene rings is 1. The van der Waals surface area contributed by atoms with Crippen LogP contribution in [0.15, 0.2) is 29.4 Å². The summed E-state index contributed by atoms with van der Waals surface area (Å²) in [4.78, 5) is 6.99. The van der Waals surface area contributed by atoms with Gasteiger partial charge in [0, 0.05) is 28.7 Å². The van der Waals surface area contributed by atoms with Gasteiger partial charge in [0.15, 0.2) is 17.3 Å². The Hall–Kier alpha value is -2.99. The molecule has 9 heteroatoms. The van der Waals surface area contributed by atoms with E-state index in [0.717, 1.165) is 31.6 Å². The third-order valence-corrected chi connectivity index (χ3v) is 5.95. The zero-order valence-electron chi connectivity index (χ0n) is 15.7. The minimum Gasteiger partial charge on any atom is -0.395 e. The Morgan fingerprint density at radius 1 is 1.24 bits per heavy atom. The average Bonchev–Trinajstić information content (AvgIpc) is 3.29. The van der Waals surface area contributed by atoms with Crippen molar-refractivity contribution in [1.82, 2.24) is 15.1 Å². The quantitative estimate of drug-likeness (QED) is 0.836. The van der Waals surface area contributed by atoms with Crippen LogP contribution >= 0.6 is 0 Å². The maximum absolute atomic E-state index is 13.7. The summed E-state index contributed by atoms with van der Waals surface area (Å²) in [7, 11) is 2.07. The van der Waals surface area contributed by atoms with Crippen molar-refractivity contribution in [1.29, 1.82) is 5.26 Å². The second-order valence-electron chi connectivity index (χ2n) is 7.71. The topological polar surface area (TPSA) is 86.5 Å². The monoisotopic (exact) mass is 399 g/mol. The van der Waals surface area contributed by atoms with E-state index in [1.807, 2.05) is 0 Å². The van der Waals surface area contributed by atoms with E-state index in [2.05, 4.69) is 33.0 Å². The SMILES string of the molecule is CN1CCC(C2=Nc3[nH]ncc3C(c3cccc4c3OC(F)(F)O4)C2C#N)CC1. The number of fused-ring (bicyclic) bond motifs is 2. The minimum absolute atomic E-state index is 0.0282. The van der Waals surface area contributed by atoms with Gasteiger partial charge in [-0.25, -0.2) is 4.99 Å². The van der Waals surface area contributed by atoms with Crippen LogP contribution < -0.4 is 9.47 Å². The number of nitrogens with zero attached hydrogens (tertiary/aromatic N) is 4. The molecule has 1 aromatic carbocycles. The molecule has 2 atom stereocenters. The number of alkyl halides is 2. The zero-order valence-corrected chi connectivity index (χ0v) is 15.7. The number of hydrogen-bond donors (Lipinski definition) is 1. The van der Waals surface area contributed by atoms with E-state index in [9.17, 15) is 14.0 Å². The van der Waals surface area contributed by atoms with Crippen LogP contribution in [0.4, 0.5) is 14.6 Å². The zero-order chi connectivity index (χ0) is 20.2. The lowest BCUT2D eigenvalue weighted by atomic mass is 9.73. The first kappa shape index (κ1) is 18.1. The number of aromatic nitrogens is 2. The molecule has 5 rings (SSSR count). The lowest BCUT2D eigenvalue weighted by Crippen LogP contribution is -2.38. The molecule has 0 saturated carbocycles. The maximum atomic E-state index is 13.7. The van der Waals surface area contributed by atoms with Gasteiger partial charge in [-0.1, -0.05) is 12.1 Å². The van der Waals surface area contributed by atoms with Gasteiger partial charge in [-0.2, -0.15) is 10.4 Å². The van der Waals surface area contributed by atoms with E-state index in [4.69, 9.17) is 9.73 Å². The first-order valence-corrected chi connectivity index (χ1v) is 9.55. The Labute approximate surface area is 165 Å². The summed E-state index contributed by atoms with van der Waals surface area (Å²) >= 11 is 0. The summed E-state index contributed by atoms with van der Waals surface area (Å²) < 4.78 is 36.9. The standard InChI is InChI=1S/C20H19F2N5O2/c1-27-7-5-11(6-8-27)17-13(9-23)16(14-10-24-26-19(14)25-17)12-3-2-4-15-18(12)29-20(21,22)28-15/h2-4,10-11,13,16H,5-8H2,1H3,(H,24,26). The second kappa shape index (κ2) is 6.52. The largest absolute Gasteiger partial charge is 0.586 e. The van der Waals surface area contributed by atoms with Crippen molar-refractivity contribution in [3.05, 3.63) is 35.5 Å². The highest BCUT2D eigenvalue weighted by Crippen LogP contribution is 2.51. The van der Waals surface area contributed by atoms with Crippen LogP contribution in [-0.4, -0.2) is 47.2 Å². The van der Waals surface area contributed by atoms with Crippen LogP contribution in [0.1, 0.15) is 29.9 Å². The Morgan fingerprint density at radius 2 is 2.03 bits per heavy atom. The fourth-order valence-electron chi connectivity index (χ4n) is 4.53. The van der Waals surface area contributed by atoms with Crippen molar-refractivity contribution in [2.75, 3.05) is 20.1 Å². The molecule has 0 bridgehead atoms. The van der Waals surface area contributed by atoms with Gasteiger partial charge in [0.1, 0.15) is 0 Å². The molecule has 2 unspecified atom stereocenters. The Bertz CT molecular complexity index is 1020. The average molecular weight is 399 g/mol. The van der Waals surface area contributed by atoms with E-state index < -0.39 is 18.1 Å². The van der Waals surface area contributed by atoms with E-state index in [-0.39, 0.29) is 17.4 Å². The minimum atomic E-state index is -3.72. The van der Waals surface area contributed by atoms with Gasteiger partial charge in [0.2, 0.25) is 0 Å². The summed E-state index contributed by atoms with van der Waals surface area (Å²) in [5.74, 6) is -0.452. The molecular formula is C20H19F2N5O2. The molecule has 7 nitrogen and oxygen atoms in total. The number of likely N-dealkylation sites (tertiary alicyclic amines) is 1. The number of piperidine rings is 1. The number of para-hydroxylation sites is 1. The molecule has 0 spiro atoms. The molecule has 1 N–H and O–H groups in total. The number of halogens is 2. The number of nitriles is 1. The normalized spacial score (nSPS) is 25.9. The molecule has 1 fully saturated rings. The first-order chi connectivity index (χ1) is 14.0. The van der Waals surface area contributed by atoms with Crippen molar-refractivity contribution in [2.24, 2.45) is 16.8 Å². The molecule has 0 aliphatic carbocycles. The van der Waals surface area contributed by atoms with E-state index in [0.29, 0.717) is 16.9 Å². The molecular weight excluding hydrogens is 380 g/mol. The van der Waals surface area contributed by atoms with Crippen LogP contribution in [-0.2, 0) is 0 Å². The number of aliphatic imine (C=N–C) groups is 1. The number of ether oxygens (including phenoxy) is 2. The molecule has 29 heavy (non-hydrogen) atoms. The van der Waals surface area contributed by atoms with Gasteiger partial charge in [0.25, 0.3) is 0 Å². The molecule has 1 aromatic heterocycles. The van der Waals surface area contributed by atoms with Gasteiger partial charge in [-0.05, 0) is 39.0 Å². The molecule has 150 valence electrons. The molecule has 3 aliphatic rings. The molecule has 0 radical (unpaired) electrons. The lowest BCUT2D eigenvalue weighted by molar-refractivity contribution is -0.287. The number of nitrogens with one attached hydrogen (secondary N) is 1. The highest BCUT2D eigenvalue weighted by molar-refractivity contribution is 5.96. The van der Waals surface area contributed by atoms with Gasteiger partial charge < -0.3 is 14.4 Å². The number of aromatic amines is 1. The van der Waals surface area contributed by atoms with Crippen molar-refractivity contribution in [3.63, 3.8) is 0 Å². The molecule has 0 amide bonds. The summed E-state index contributed by atoms with van der Waals surface area (Å²) in [5.41, 5.74) is 1.96. The van der Waals surface area contributed by atoms with Gasteiger partial charge in [0.05, 0.1) is 18.2 Å². The highest BCUT2D eigenvalue weighted by Gasteiger charge is 2.47. The van der Waals surface area contributed by atoms with Crippen LogP contribution in [0.3, 0.4) is 0 Å². The number of H-pyrrole nitrogens is 1. The van der Waals surface area contributed by atoms with Crippen molar-refractivity contribution in [3.8, 4) is 17.6 Å². The molecule has 1 saturated heterocycles. The number of rotatable bonds is 2. The Kier molecular flexibility index (Phi) is 4.06. The summed E-state index contributed by atoms with van der Waals surface area (Å²) in [6.45, 7) is 1.85. The maximum Gasteiger partial charge on any atom is 0.586 e. The molecule has 3 aliphatic heterocycles. The first-order valence-electron chi connectivity index (χ1n) is 9.55. The van der Waals surface area contributed by atoms with Gasteiger partial charge in [-0.15, -0.1) is 8.78 Å². The van der Waals surface area contributed by atoms with Crippen LogP contribution in [0, 0.1) is 23.2 Å². The summed E-state index contributed by atoms with van der Waals surface area (Å²) in [6.07, 6.45) is -0.325. The molecule has 4 heterocycles. The molecule has 2 aromatic rings.